The molecule has 3 heterocycles. The predicted molar refractivity (Wildman–Crippen MR) is 293 cm³/mol. The third-order valence-electron chi connectivity index (χ3n) is 17.2. The van der Waals surface area contributed by atoms with Crippen LogP contribution in [0.3, 0.4) is 0 Å². The first kappa shape index (κ1) is 53.0. The summed E-state index contributed by atoms with van der Waals surface area (Å²) in [5.74, 6) is 0.826. The van der Waals surface area contributed by atoms with E-state index in [1.807, 2.05) is 0 Å². The van der Waals surface area contributed by atoms with Crippen LogP contribution in [0.25, 0.3) is 27.5 Å². The van der Waals surface area contributed by atoms with Gasteiger partial charge in [-0.3, -0.25) is 0 Å². The van der Waals surface area contributed by atoms with E-state index in [0.29, 0.717) is 28.8 Å². The molecule has 0 spiro atoms. The number of aromatic nitrogens is 1. The highest BCUT2D eigenvalue weighted by Gasteiger charge is 2.53. The highest BCUT2D eigenvalue weighted by Crippen LogP contribution is 2.44. The van der Waals surface area contributed by atoms with E-state index in [0.717, 1.165) is 36.2 Å². The first-order valence-corrected chi connectivity index (χ1v) is 32.0. The van der Waals surface area contributed by atoms with Gasteiger partial charge in [0.2, 0.25) is 0 Å². The number of ether oxygens (including phenoxy) is 2. The molecule has 3 aromatic carbocycles. The second-order valence-electron chi connectivity index (χ2n) is 23.2. The standard InChI is InChI=1S/C58H94BNO4Si2/c1-16-18-20-22-24-28-36-65(42(3)4,43(5)6)47-31-33-49-50-34-32-48(66(44(7)8,45(9)10)37-29-25-23-21-19-17-2)41-53(50)60(52(49)40-47)54-39-46(11)38-51(56(54)62-55-30-26-27-35-61-55)59-63-57(12,13)58(14,15)64-59/h31-34,38-45,55H,16-30,35-37H2,1-15H3. The number of hydrogen-bond donors (Lipinski definition) is 0. The first-order chi connectivity index (χ1) is 31.4. The van der Waals surface area contributed by atoms with Crippen molar-refractivity contribution in [2.24, 2.45) is 0 Å². The van der Waals surface area contributed by atoms with Gasteiger partial charge < -0.3 is 23.3 Å². The number of hydrogen-bond acceptors (Lipinski definition) is 4. The maximum Gasteiger partial charge on any atom is 0.498 e. The minimum atomic E-state index is -2.00. The summed E-state index contributed by atoms with van der Waals surface area (Å²) in [7, 11) is -4.59. The van der Waals surface area contributed by atoms with Crippen LogP contribution in [0.5, 0.6) is 5.75 Å². The number of unbranched alkanes of at least 4 members (excludes halogenated alkanes) is 10. The van der Waals surface area contributed by atoms with Gasteiger partial charge in [-0.2, -0.15) is 0 Å². The largest absolute Gasteiger partial charge is 0.498 e. The van der Waals surface area contributed by atoms with Crippen molar-refractivity contribution in [3.05, 3.63) is 54.1 Å². The summed E-state index contributed by atoms with van der Waals surface area (Å²) in [5, 5.41) is 5.86. The average Bonchev–Trinajstić information content (AvgIpc) is 3.70. The van der Waals surface area contributed by atoms with E-state index < -0.39 is 34.5 Å². The molecule has 4 aromatic rings. The fraction of sp³-hybridized carbons (Fsp3) is 0.690. The van der Waals surface area contributed by atoms with Gasteiger partial charge in [-0.15, -0.1) is 0 Å². The SMILES string of the molecule is CCCCCCCC[Si](c1ccc2c3ccc([Si](CCCCCCCC)(C(C)C)C(C)C)cc3n(-c3cc(C)cc(B4OC(C)(C)C(C)(C)O4)c3OC3CCCCO3)c2c1)(C(C)C)C(C)C. The summed E-state index contributed by atoms with van der Waals surface area (Å²) in [4.78, 5) is 0. The van der Waals surface area contributed by atoms with E-state index in [2.05, 4.69) is 157 Å². The van der Waals surface area contributed by atoms with Crippen LogP contribution in [0.2, 0.25) is 34.3 Å². The van der Waals surface area contributed by atoms with Crippen molar-refractivity contribution < 1.29 is 18.8 Å². The zero-order chi connectivity index (χ0) is 48.0. The molecule has 0 amide bonds. The second-order valence-corrected chi connectivity index (χ2v) is 34.2. The Hall–Kier alpha value is -2.36. The van der Waals surface area contributed by atoms with Gasteiger partial charge in [0.15, 0.2) is 6.29 Å². The Labute approximate surface area is 406 Å². The van der Waals surface area contributed by atoms with Crippen LogP contribution in [0.4, 0.5) is 0 Å². The Morgan fingerprint density at radius 3 is 1.50 bits per heavy atom. The van der Waals surface area contributed by atoms with Crippen molar-refractivity contribution in [2.75, 3.05) is 6.61 Å². The van der Waals surface area contributed by atoms with Crippen LogP contribution < -0.4 is 20.6 Å². The van der Waals surface area contributed by atoms with E-state index in [4.69, 9.17) is 18.8 Å². The molecule has 66 heavy (non-hydrogen) atoms. The molecule has 1 aromatic heterocycles. The maximum atomic E-state index is 7.29. The van der Waals surface area contributed by atoms with Gasteiger partial charge in [-0.1, -0.05) is 199 Å². The highest BCUT2D eigenvalue weighted by molar-refractivity contribution is 6.94. The number of benzene rings is 3. The quantitative estimate of drug-likeness (QED) is 0.0519. The van der Waals surface area contributed by atoms with Gasteiger partial charge in [0, 0.05) is 22.7 Å². The van der Waals surface area contributed by atoms with Gasteiger partial charge >= 0.3 is 7.12 Å². The van der Waals surface area contributed by atoms with Crippen molar-refractivity contribution >= 4 is 60.9 Å². The van der Waals surface area contributed by atoms with Gasteiger partial charge in [-0.25, -0.2) is 0 Å². The minimum Gasteiger partial charge on any atom is -0.463 e. The van der Waals surface area contributed by atoms with E-state index in [1.54, 1.807) is 10.4 Å². The molecular weight excluding hydrogens is 842 g/mol. The van der Waals surface area contributed by atoms with Gasteiger partial charge in [0.05, 0.1) is 50.7 Å². The lowest BCUT2D eigenvalue weighted by atomic mass is 9.77. The Balaban J connectivity index is 1.65. The van der Waals surface area contributed by atoms with Gasteiger partial charge in [0.25, 0.3) is 0 Å². The molecule has 1 unspecified atom stereocenters. The number of fused-ring (bicyclic) bond motifs is 3. The van der Waals surface area contributed by atoms with Gasteiger partial charge in [0.1, 0.15) is 5.75 Å². The molecule has 2 aliphatic heterocycles. The lowest BCUT2D eigenvalue weighted by molar-refractivity contribution is -0.105. The van der Waals surface area contributed by atoms with E-state index in [1.165, 1.54) is 117 Å². The Kier molecular flexibility index (Phi) is 18.1. The van der Waals surface area contributed by atoms with Crippen molar-refractivity contribution in [1.82, 2.24) is 4.57 Å². The van der Waals surface area contributed by atoms with Crippen LogP contribution >= 0.6 is 0 Å². The van der Waals surface area contributed by atoms with Crippen LogP contribution in [0.1, 0.15) is 199 Å². The monoisotopic (exact) mass is 936 g/mol. The summed E-state index contributed by atoms with van der Waals surface area (Å²) in [5.41, 5.74) is 7.27. The Bertz CT molecular complexity index is 2050. The van der Waals surface area contributed by atoms with Crippen molar-refractivity contribution in [1.29, 1.82) is 0 Å². The van der Waals surface area contributed by atoms with Crippen molar-refractivity contribution in [3.63, 3.8) is 0 Å². The topological polar surface area (TPSA) is 41.9 Å². The summed E-state index contributed by atoms with van der Waals surface area (Å²) >= 11 is 0. The summed E-state index contributed by atoms with van der Waals surface area (Å²) < 4.78 is 30.2. The molecule has 0 bridgehead atoms. The minimum absolute atomic E-state index is 0.334. The van der Waals surface area contributed by atoms with Crippen LogP contribution in [0.15, 0.2) is 48.5 Å². The maximum absolute atomic E-state index is 7.29. The molecule has 0 N–H and O–H groups in total. The second kappa shape index (κ2) is 22.6. The highest BCUT2D eigenvalue weighted by atomic mass is 28.3. The van der Waals surface area contributed by atoms with Gasteiger partial charge in [-0.05, 0) is 93.4 Å². The Morgan fingerprint density at radius 2 is 1.08 bits per heavy atom. The van der Waals surface area contributed by atoms with Crippen molar-refractivity contribution in [3.8, 4) is 11.4 Å². The molecule has 2 fully saturated rings. The number of aryl methyl sites for hydroxylation is 1. The third-order valence-corrected chi connectivity index (χ3v) is 30.6. The van der Waals surface area contributed by atoms with Crippen LogP contribution in [-0.4, -0.2) is 51.9 Å². The predicted octanol–water partition coefficient (Wildman–Crippen LogP) is 16.0. The molecular formula is C58H94BNO4Si2. The van der Waals surface area contributed by atoms with Crippen molar-refractivity contribution in [2.45, 2.75) is 252 Å². The third kappa shape index (κ3) is 10.8. The Morgan fingerprint density at radius 1 is 0.621 bits per heavy atom. The molecule has 0 aliphatic carbocycles. The molecule has 2 aliphatic rings. The molecule has 0 saturated carbocycles. The molecule has 2 saturated heterocycles. The lowest BCUT2D eigenvalue weighted by Crippen LogP contribution is -2.53. The number of nitrogens with zero attached hydrogens (tertiary/aromatic N) is 1. The van der Waals surface area contributed by atoms with E-state index in [9.17, 15) is 0 Å². The van der Waals surface area contributed by atoms with E-state index in [-0.39, 0.29) is 6.29 Å². The molecule has 1 atom stereocenters. The lowest BCUT2D eigenvalue weighted by Gasteiger charge is -2.40. The smallest absolute Gasteiger partial charge is 0.463 e. The normalized spacial score (nSPS) is 18.0. The molecule has 366 valence electrons. The summed E-state index contributed by atoms with van der Waals surface area (Å²) in [6.45, 7) is 36.5. The zero-order valence-electron chi connectivity index (χ0n) is 44.9. The fourth-order valence-corrected chi connectivity index (χ4v) is 24.0. The zero-order valence-corrected chi connectivity index (χ0v) is 46.9. The first-order valence-electron chi connectivity index (χ1n) is 27.2. The average molecular weight is 936 g/mol. The summed E-state index contributed by atoms with van der Waals surface area (Å²) in [6, 6.07) is 22.8. The van der Waals surface area contributed by atoms with Crippen LogP contribution in [0, 0.1) is 6.92 Å². The molecule has 0 radical (unpaired) electrons. The summed E-state index contributed by atoms with van der Waals surface area (Å²) in [6.07, 6.45) is 18.7. The molecule has 8 heteroatoms. The fourth-order valence-electron chi connectivity index (χ4n) is 12.5. The number of rotatable bonds is 24. The molecule has 5 nitrogen and oxygen atoms in total. The molecule has 6 rings (SSSR count). The van der Waals surface area contributed by atoms with Crippen LogP contribution in [-0.2, 0) is 14.0 Å². The van der Waals surface area contributed by atoms with E-state index >= 15 is 0 Å².